The summed E-state index contributed by atoms with van der Waals surface area (Å²) in [5.41, 5.74) is 0. The molecule has 4 nitrogen and oxygen atoms in total. The molecule has 2 aliphatic carbocycles. The molecule has 0 heterocycles. The maximum absolute atomic E-state index is 12.6. The number of ether oxygens (including phenoxy) is 2. The Bertz CT molecular complexity index is 467. The molecule has 2 fully saturated rings. The standard InChI is InChI=1S/C24H42O4/c1-15(2)19-9-7-17(5)13-21(19)23(25)27-11-12-28-24(26)22-14-18(6)8-10-20(22)16(3)4/h15-22H,7-14H2,1-6H3. The summed E-state index contributed by atoms with van der Waals surface area (Å²) in [7, 11) is 0. The summed E-state index contributed by atoms with van der Waals surface area (Å²) >= 11 is 0. The molecule has 0 bridgehead atoms. The summed E-state index contributed by atoms with van der Waals surface area (Å²) in [5.74, 6) is 2.71. The minimum absolute atomic E-state index is 0.0102. The highest BCUT2D eigenvalue weighted by Gasteiger charge is 2.37. The summed E-state index contributed by atoms with van der Waals surface area (Å²) < 4.78 is 11.1. The van der Waals surface area contributed by atoms with Crippen LogP contribution in [0.25, 0.3) is 0 Å². The van der Waals surface area contributed by atoms with Crippen molar-refractivity contribution >= 4 is 11.9 Å². The molecule has 0 saturated heterocycles. The normalized spacial score (nSPS) is 33.7. The number of esters is 2. The average molecular weight is 395 g/mol. The Hall–Kier alpha value is -1.06. The second-order valence-electron chi connectivity index (χ2n) is 10.2. The van der Waals surface area contributed by atoms with Crippen LogP contribution in [0.15, 0.2) is 0 Å². The van der Waals surface area contributed by atoms with Gasteiger partial charge in [-0.2, -0.15) is 0 Å². The second-order valence-corrected chi connectivity index (χ2v) is 10.2. The number of hydrogen-bond donors (Lipinski definition) is 0. The van der Waals surface area contributed by atoms with Crippen molar-refractivity contribution in [1.29, 1.82) is 0 Å². The van der Waals surface area contributed by atoms with E-state index < -0.39 is 0 Å². The second kappa shape index (κ2) is 10.6. The molecule has 162 valence electrons. The van der Waals surface area contributed by atoms with Gasteiger partial charge in [0.15, 0.2) is 0 Å². The lowest BCUT2D eigenvalue weighted by atomic mass is 9.70. The lowest BCUT2D eigenvalue weighted by Crippen LogP contribution is -2.36. The molecule has 0 N–H and O–H groups in total. The van der Waals surface area contributed by atoms with Crippen molar-refractivity contribution in [3.05, 3.63) is 0 Å². The third-order valence-electron chi connectivity index (χ3n) is 7.22. The lowest BCUT2D eigenvalue weighted by Gasteiger charge is -2.36. The zero-order valence-electron chi connectivity index (χ0n) is 18.9. The van der Waals surface area contributed by atoms with Gasteiger partial charge >= 0.3 is 11.9 Å². The van der Waals surface area contributed by atoms with Crippen molar-refractivity contribution in [3.8, 4) is 0 Å². The smallest absolute Gasteiger partial charge is 0.309 e. The molecule has 4 heteroatoms. The predicted octanol–water partition coefficient (Wildman–Crippen LogP) is 5.49. The maximum Gasteiger partial charge on any atom is 0.309 e. The lowest BCUT2D eigenvalue weighted by molar-refractivity contribution is -0.162. The molecule has 28 heavy (non-hydrogen) atoms. The molecule has 0 amide bonds. The summed E-state index contributed by atoms with van der Waals surface area (Å²) in [6, 6.07) is 0. The van der Waals surface area contributed by atoms with Crippen molar-refractivity contribution in [2.75, 3.05) is 13.2 Å². The highest BCUT2D eigenvalue weighted by atomic mass is 16.6. The van der Waals surface area contributed by atoms with Crippen molar-refractivity contribution in [1.82, 2.24) is 0 Å². The zero-order valence-corrected chi connectivity index (χ0v) is 18.9. The topological polar surface area (TPSA) is 52.6 Å². The monoisotopic (exact) mass is 394 g/mol. The van der Waals surface area contributed by atoms with E-state index in [-0.39, 0.29) is 37.0 Å². The van der Waals surface area contributed by atoms with E-state index in [0.717, 1.165) is 25.7 Å². The molecule has 6 unspecified atom stereocenters. The first-order chi connectivity index (χ1) is 13.2. The van der Waals surface area contributed by atoms with Gasteiger partial charge in [-0.25, -0.2) is 0 Å². The Kier molecular flexibility index (Phi) is 8.82. The third-order valence-corrected chi connectivity index (χ3v) is 7.22. The minimum atomic E-state index is -0.104. The van der Waals surface area contributed by atoms with Crippen LogP contribution >= 0.6 is 0 Å². The fourth-order valence-electron chi connectivity index (χ4n) is 5.45. The minimum Gasteiger partial charge on any atom is -0.462 e. The number of carbonyl (C=O) groups excluding carboxylic acids is 2. The number of rotatable bonds is 7. The van der Waals surface area contributed by atoms with E-state index in [4.69, 9.17) is 9.47 Å². The van der Waals surface area contributed by atoms with E-state index in [1.807, 2.05) is 0 Å². The van der Waals surface area contributed by atoms with E-state index in [1.54, 1.807) is 0 Å². The quantitative estimate of drug-likeness (QED) is 0.423. The van der Waals surface area contributed by atoms with Gasteiger partial charge < -0.3 is 9.47 Å². The first kappa shape index (κ1) is 23.2. The highest BCUT2D eigenvalue weighted by molar-refractivity contribution is 5.74. The van der Waals surface area contributed by atoms with Gasteiger partial charge in [0, 0.05) is 0 Å². The average Bonchev–Trinajstić information content (AvgIpc) is 2.64. The molecular weight excluding hydrogens is 352 g/mol. The Labute approximate surface area is 172 Å². The fraction of sp³-hybridized carbons (Fsp3) is 0.917. The Morgan fingerprint density at radius 2 is 1.07 bits per heavy atom. The van der Waals surface area contributed by atoms with Crippen molar-refractivity contribution in [3.63, 3.8) is 0 Å². The Morgan fingerprint density at radius 3 is 1.39 bits per heavy atom. The van der Waals surface area contributed by atoms with E-state index >= 15 is 0 Å². The van der Waals surface area contributed by atoms with Gasteiger partial charge in [-0.3, -0.25) is 9.59 Å². The molecule has 0 spiro atoms. The molecule has 0 aromatic rings. The van der Waals surface area contributed by atoms with Crippen molar-refractivity contribution in [2.24, 2.45) is 47.3 Å². The van der Waals surface area contributed by atoms with Gasteiger partial charge in [-0.05, 0) is 61.2 Å². The number of carbonyl (C=O) groups is 2. The van der Waals surface area contributed by atoms with Crippen LogP contribution < -0.4 is 0 Å². The summed E-state index contributed by atoms with van der Waals surface area (Å²) in [6.07, 6.45) is 6.42. The van der Waals surface area contributed by atoms with Crippen LogP contribution in [0.1, 0.15) is 80.1 Å². The molecule has 0 radical (unpaired) electrons. The Morgan fingerprint density at radius 1 is 0.714 bits per heavy atom. The van der Waals surface area contributed by atoms with Gasteiger partial charge in [-0.15, -0.1) is 0 Å². The van der Waals surface area contributed by atoms with Crippen LogP contribution in [0.5, 0.6) is 0 Å². The predicted molar refractivity (Wildman–Crippen MR) is 112 cm³/mol. The van der Waals surface area contributed by atoms with E-state index in [0.29, 0.717) is 35.5 Å². The summed E-state index contributed by atoms with van der Waals surface area (Å²) in [4.78, 5) is 25.3. The first-order valence-corrected chi connectivity index (χ1v) is 11.5. The summed E-state index contributed by atoms with van der Waals surface area (Å²) in [6.45, 7) is 13.6. The van der Waals surface area contributed by atoms with E-state index in [2.05, 4.69) is 41.5 Å². The third kappa shape index (κ3) is 6.22. The number of hydrogen-bond acceptors (Lipinski definition) is 4. The van der Waals surface area contributed by atoms with E-state index in [9.17, 15) is 9.59 Å². The molecular formula is C24H42O4. The molecule has 0 aromatic heterocycles. The molecule has 2 aliphatic rings. The maximum atomic E-state index is 12.6. The van der Waals surface area contributed by atoms with Crippen LogP contribution in [0, 0.1) is 47.3 Å². The van der Waals surface area contributed by atoms with Gasteiger partial charge in [-0.1, -0.05) is 54.4 Å². The summed E-state index contributed by atoms with van der Waals surface area (Å²) in [5, 5.41) is 0. The van der Waals surface area contributed by atoms with Crippen LogP contribution in [0.4, 0.5) is 0 Å². The van der Waals surface area contributed by atoms with E-state index in [1.165, 1.54) is 12.8 Å². The molecule has 6 atom stereocenters. The molecule has 2 saturated carbocycles. The fourth-order valence-corrected chi connectivity index (χ4v) is 5.45. The van der Waals surface area contributed by atoms with Crippen molar-refractivity contribution < 1.29 is 19.1 Å². The van der Waals surface area contributed by atoms with Crippen LogP contribution in [0.2, 0.25) is 0 Å². The van der Waals surface area contributed by atoms with Gasteiger partial charge in [0.2, 0.25) is 0 Å². The van der Waals surface area contributed by atoms with Crippen LogP contribution in [-0.2, 0) is 19.1 Å². The SMILES string of the molecule is CC1CCC(C(C)C)C(C(=O)OCCOC(=O)C2CC(C)CCC2C(C)C)C1. The van der Waals surface area contributed by atoms with Gasteiger partial charge in [0.25, 0.3) is 0 Å². The van der Waals surface area contributed by atoms with Gasteiger partial charge in [0.05, 0.1) is 11.8 Å². The van der Waals surface area contributed by atoms with Gasteiger partial charge in [0.1, 0.15) is 13.2 Å². The largest absolute Gasteiger partial charge is 0.462 e. The molecule has 0 aliphatic heterocycles. The van der Waals surface area contributed by atoms with Crippen molar-refractivity contribution in [2.45, 2.75) is 80.1 Å². The molecule has 2 rings (SSSR count). The first-order valence-electron chi connectivity index (χ1n) is 11.5. The zero-order chi connectivity index (χ0) is 20.8. The highest BCUT2D eigenvalue weighted by Crippen LogP contribution is 2.39. The molecule has 0 aromatic carbocycles. The van der Waals surface area contributed by atoms with Crippen LogP contribution in [0.3, 0.4) is 0 Å². The Balaban J connectivity index is 1.79. The van der Waals surface area contributed by atoms with Crippen LogP contribution in [-0.4, -0.2) is 25.2 Å².